The van der Waals surface area contributed by atoms with Gasteiger partial charge >= 0.3 is 0 Å². The molecule has 3 rings (SSSR count). The summed E-state index contributed by atoms with van der Waals surface area (Å²) in [7, 11) is -3.28. The molecule has 0 unspecified atom stereocenters. The Morgan fingerprint density at radius 1 is 1.11 bits per heavy atom. The second-order valence-corrected chi connectivity index (χ2v) is 7.82. The van der Waals surface area contributed by atoms with E-state index in [2.05, 4.69) is 20.0 Å². The largest absolute Gasteiger partial charge is 0.324 e. The van der Waals surface area contributed by atoms with Crippen molar-refractivity contribution in [1.29, 1.82) is 0 Å². The minimum Gasteiger partial charge on any atom is -0.324 e. The Bertz CT molecular complexity index is 1120. The maximum absolute atomic E-state index is 11.3. The molecular weight excluding hydrogens is 382 g/mol. The molecule has 10 heteroatoms. The molecule has 1 aromatic heterocycles. The Morgan fingerprint density at radius 3 is 2.64 bits per heavy atom. The molecule has 3 aromatic rings. The van der Waals surface area contributed by atoms with Gasteiger partial charge in [0.2, 0.25) is 16.0 Å². The second kappa shape index (κ2) is 8.11. The minimum atomic E-state index is -3.28. The summed E-state index contributed by atoms with van der Waals surface area (Å²) in [5.41, 5.74) is 2.67. The van der Waals surface area contributed by atoms with Crippen LogP contribution in [0.5, 0.6) is 0 Å². The van der Waals surface area contributed by atoms with Gasteiger partial charge in [-0.25, -0.2) is 23.1 Å². The minimum absolute atomic E-state index is 0.0350. The van der Waals surface area contributed by atoms with E-state index in [0.29, 0.717) is 11.4 Å². The fraction of sp³-hybridized carbons (Fsp3) is 0.111. The highest BCUT2D eigenvalue weighted by Gasteiger charge is 2.08. The highest BCUT2D eigenvalue weighted by molar-refractivity contribution is 7.88. The average molecular weight is 399 g/mol. The van der Waals surface area contributed by atoms with Crippen molar-refractivity contribution in [3.05, 3.63) is 76.5 Å². The maximum atomic E-state index is 11.3. The van der Waals surface area contributed by atoms with Crippen LogP contribution in [0.25, 0.3) is 11.3 Å². The van der Waals surface area contributed by atoms with E-state index < -0.39 is 14.9 Å². The van der Waals surface area contributed by atoms with Gasteiger partial charge in [0, 0.05) is 36.1 Å². The predicted molar refractivity (Wildman–Crippen MR) is 106 cm³/mol. The Hall–Kier alpha value is -3.37. The quantitative estimate of drug-likeness (QED) is 0.462. The molecule has 1 heterocycles. The lowest BCUT2D eigenvalue weighted by atomic mass is 10.1. The zero-order valence-corrected chi connectivity index (χ0v) is 15.7. The van der Waals surface area contributed by atoms with E-state index in [1.54, 1.807) is 24.4 Å². The van der Waals surface area contributed by atoms with E-state index in [9.17, 15) is 18.5 Å². The van der Waals surface area contributed by atoms with Gasteiger partial charge in [0.15, 0.2) is 0 Å². The number of non-ortho nitro benzene ring substituents is 1. The first-order valence-electron chi connectivity index (χ1n) is 8.19. The Labute approximate surface area is 161 Å². The van der Waals surface area contributed by atoms with Crippen molar-refractivity contribution in [3.8, 4) is 11.3 Å². The van der Waals surface area contributed by atoms with Crippen LogP contribution in [0.3, 0.4) is 0 Å². The zero-order chi connectivity index (χ0) is 20.1. The van der Waals surface area contributed by atoms with E-state index in [1.165, 1.54) is 12.1 Å². The first-order chi connectivity index (χ1) is 13.3. The molecule has 0 aliphatic rings. The number of sulfonamides is 1. The van der Waals surface area contributed by atoms with Crippen molar-refractivity contribution < 1.29 is 13.3 Å². The van der Waals surface area contributed by atoms with Gasteiger partial charge in [-0.1, -0.05) is 24.3 Å². The number of hydrogen-bond acceptors (Lipinski definition) is 7. The molecule has 144 valence electrons. The maximum Gasteiger partial charge on any atom is 0.271 e. The second-order valence-electron chi connectivity index (χ2n) is 5.99. The number of nitrogens with zero attached hydrogens (tertiary/aromatic N) is 3. The fourth-order valence-electron chi connectivity index (χ4n) is 2.46. The molecule has 0 saturated heterocycles. The van der Waals surface area contributed by atoms with Crippen molar-refractivity contribution in [2.24, 2.45) is 0 Å². The number of aromatic nitrogens is 2. The molecule has 0 radical (unpaired) electrons. The number of nitrogens with one attached hydrogen (secondary N) is 2. The van der Waals surface area contributed by atoms with Crippen molar-refractivity contribution in [3.63, 3.8) is 0 Å². The number of hydrogen-bond donors (Lipinski definition) is 2. The molecule has 0 spiro atoms. The fourth-order valence-corrected chi connectivity index (χ4v) is 2.89. The van der Waals surface area contributed by atoms with Gasteiger partial charge in [-0.15, -0.1) is 0 Å². The normalized spacial score (nSPS) is 11.2. The molecule has 0 amide bonds. The summed E-state index contributed by atoms with van der Waals surface area (Å²) < 4.78 is 25.0. The molecular formula is C18H17N5O4S. The predicted octanol–water partition coefficient (Wildman–Crippen LogP) is 2.84. The van der Waals surface area contributed by atoms with Gasteiger partial charge < -0.3 is 5.32 Å². The lowest BCUT2D eigenvalue weighted by molar-refractivity contribution is -0.384. The third-order valence-corrected chi connectivity index (χ3v) is 4.40. The summed E-state index contributed by atoms with van der Waals surface area (Å²) in [6.45, 7) is 0.177. The van der Waals surface area contributed by atoms with Gasteiger partial charge in [0.1, 0.15) is 0 Å². The SMILES string of the molecule is CS(=O)(=O)NCc1cccc(-c2ccnc(Nc3cccc([N+](=O)[O-])c3)n2)c1. The summed E-state index contributed by atoms with van der Waals surface area (Å²) in [4.78, 5) is 19.0. The third-order valence-electron chi connectivity index (χ3n) is 3.73. The van der Waals surface area contributed by atoms with Crippen LogP contribution in [0.1, 0.15) is 5.56 Å². The summed E-state index contributed by atoms with van der Waals surface area (Å²) in [5.74, 6) is 0.290. The number of anilines is 2. The number of rotatable bonds is 7. The summed E-state index contributed by atoms with van der Waals surface area (Å²) in [6, 6.07) is 15.1. The Morgan fingerprint density at radius 2 is 1.89 bits per heavy atom. The Balaban J connectivity index is 1.82. The van der Waals surface area contributed by atoms with E-state index in [1.807, 2.05) is 24.3 Å². The average Bonchev–Trinajstić information content (AvgIpc) is 2.66. The summed E-state index contributed by atoms with van der Waals surface area (Å²) in [6.07, 6.45) is 2.68. The van der Waals surface area contributed by atoms with Crippen LogP contribution in [0.4, 0.5) is 17.3 Å². The molecule has 0 fully saturated rings. The van der Waals surface area contributed by atoms with Gasteiger partial charge in [-0.3, -0.25) is 10.1 Å². The van der Waals surface area contributed by atoms with Crippen LogP contribution in [-0.4, -0.2) is 29.6 Å². The monoisotopic (exact) mass is 399 g/mol. The summed E-state index contributed by atoms with van der Waals surface area (Å²) >= 11 is 0. The number of nitro benzene ring substituents is 1. The standard InChI is InChI=1S/C18H17N5O4S/c1-28(26,27)20-12-13-4-2-5-14(10-13)17-8-9-19-18(22-17)21-15-6-3-7-16(11-15)23(24)25/h2-11,20H,12H2,1H3,(H,19,21,22). The molecule has 2 N–H and O–H groups in total. The van der Waals surface area contributed by atoms with Crippen molar-refractivity contribution in [2.75, 3.05) is 11.6 Å². The van der Waals surface area contributed by atoms with Gasteiger partial charge in [0.25, 0.3) is 5.69 Å². The van der Waals surface area contributed by atoms with Crippen molar-refractivity contribution in [2.45, 2.75) is 6.54 Å². The van der Waals surface area contributed by atoms with Gasteiger partial charge in [-0.2, -0.15) is 0 Å². The van der Waals surface area contributed by atoms with Crippen molar-refractivity contribution in [1.82, 2.24) is 14.7 Å². The van der Waals surface area contributed by atoms with Crippen LogP contribution in [0, 0.1) is 10.1 Å². The highest BCUT2D eigenvalue weighted by Crippen LogP contribution is 2.22. The smallest absolute Gasteiger partial charge is 0.271 e. The van der Waals surface area contributed by atoms with E-state index in [-0.39, 0.29) is 18.2 Å². The molecule has 0 bridgehead atoms. The topological polar surface area (TPSA) is 127 Å². The van der Waals surface area contributed by atoms with Crippen LogP contribution in [0.15, 0.2) is 60.8 Å². The van der Waals surface area contributed by atoms with Crippen LogP contribution in [-0.2, 0) is 16.6 Å². The van der Waals surface area contributed by atoms with E-state index in [0.717, 1.165) is 17.4 Å². The number of nitro groups is 1. The molecule has 28 heavy (non-hydrogen) atoms. The molecule has 0 atom stereocenters. The molecule has 2 aromatic carbocycles. The number of benzene rings is 2. The Kier molecular flexibility index (Phi) is 5.62. The van der Waals surface area contributed by atoms with E-state index in [4.69, 9.17) is 0 Å². The van der Waals surface area contributed by atoms with Crippen LogP contribution >= 0.6 is 0 Å². The molecule has 0 aliphatic carbocycles. The zero-order valence-electron chi connectivity index (χ0n) is 14.9. The first kappa shape index (κ1) is 19.4. The lowest BCUT2D eigenvalue weighted by Crippen LogP contribution is -2.21. The van der Waals surface area contributed by atoms with Crippen molar-refractivity contribution >= 4 is 27.3 Å². The van der Waals surface area contributed by atoms with E-state index >= 15 is 0 Å². The summed E-state index contributed by atoms with van der Waals surface area (Å²) in [5, 5.41) is 13.8. The lowest BCUT2D eigenvalue weighted by Gasteiger charge is -2.08. The highest BCUT2D eigenvalue weighted by atomic mass is 32.2. The molecule has 9 nitrogen and oxygen atoms in total. The first-order valence-corrected chi connectivity index (χ1v) is 10.1. The van der Waals surface area contributed by atoms with Gasteiger partial charge in [-0.05, 0) is 23.8 Å². The molecule has 0 saturated carbocycles. The third kappa shape index (κ3) is 5.32. The van der Waals surface area contributed by atoms with Crippen LogP contribution in [0.2, 0.25) is 0 Å². The molecule has 0 aliphatic heterocycles. The van der Waals surface area contributed by atoms with Gasteiger partial charge in [0.05, 0.1) is 16.9 Å². The van der Waals surface area contributed by atoms with Crippen LogP contribution < -0.4 is 10.0 Å².